The number of carbonyl (C=O) groups excluding carboxylic acids is 2. The normalized spacial score (nSPS) is 13.2. The molecule has 5 rings (SSSR count). The molecule has 6 heteroatoms. The van der Waals surface area contributed by atoms with Crippen LogP contribution >= 0.6 is 0 Å². The minimum atomic E-state index is -0.349. The number of likely N-dealkylation sites (tertiary alicyclic amines) is 1. The van der Waals surface area contributed by atoms with Gasteiger partial charge < -0.3 is 14.6 Å². The number of hydrogen-bond donors (Lipinski definition) is 1. The van der Waals surface area contributed by atoms with Crippen LogP contribution in [0.25, 0.3) is 22.3 Å². The number of fused-ring (bicyclic) bond motifs is 1. The van der Waals surface area contributed by atoms with Gasteiger partial charge in [-0.2, -0.15) is 0 Å². The summed E-state index contributed by atoms with van der Waals surface area (Å²) in [5, 5.41) is 3.28. The topological polar surface area (TPSA) is 79.6 Å². The van der Waals surface area contributed by atoms with E-state index in [1.807, 2.05) is 53.4 Å². The molecular formula is C29H26N2O4. The number of nitrogens with one attached hydrogen (secondary N) is 1. The van der Waals surface area contributed by atoms with Crippen LogP contribution in [0.4, 0.5) is 0 Å². The Morgan fingerprint density at radius 2 is 1.69 bits per heavy atom. The van der Waals surface area contributed by atoms with Crippen LogP contribution in [0.1, 0.15) is 44.7 Å². The number of amides is 2. The Hall–Kier alpha value is -4.19. The molecule has 0 spiro atoms. The summed E-state index contributed by atoms with van der Waals surface area (Å²) in [6, 6.07) is 21.7. The molecule has 1 aliphatic rings. The van der Waals surface area contributed by atoms with Gasteiger partial charge in [0.2, 0.25) is 0 Å². The lowest BCUT2D eigenvalue weighted by molar-refractivity contribution is 0.0792. The molecule has 4 aromatic rings. The Kier molecular flexibility index (Phi) is 6.19. The fourth-order valence-corrected chi connectivity index (χ4v) is 4.55. The van der Waals surface area contributed by atoms with E-state index < -0.39 is 0 Å². The molecule has 2 amide bonds. The fraction of sp³-hybridized carbons (Fsp3) is 0.207. The smallest absolute Gasteiger partial charge is 0.255 e. The second kappa shape index (κ2) is 9.58. The first-order valence-electron chi connectivity index (χ1n) is 11.8. The molecule has 0 bridgehead atoms. The second-order valence-electron chi connectivity index (χ2n) is 8.82. The van der Waals surface area contributed by atoms with E-state index in [1.165, 1.54) is 0 Å². The van der Waals surface area contributed by atoms with Gasteiger partial charge in [0.05, 0.1) is 10.9 Å². The lowest BCUT2D eigenvalue weighted by Crippen LogP contribution is -2.28. The van der Waals surface area contributed by atoms with Crippen LogP contribution in [0.2, 0.25) is 0 Å². The Morgan fingerprint density at radius 1 is 0.943 bits per heavy atom. The van der Waals surface area contributed by atoms with E-state index in [0.29, 0.717) is 27.8 Å². The average molecular weight is 467 g/mol. The number of hydrogen-bond acceptors (Lipinski definition) is 4. The molecule has 2 heterocycles. The van der Waals surface area contributed by atoms with Gasteiger partial charge in [-0.05, 0) is 49.6 Å². The number of rotatable bonds is 5. The maximum Gasteiger partial charge on any atom is 0.255 e. The van der Waals surface area contributed by atoms with Crippen molar-refractivity contribution in [1.82, 2.24) is 10.2 Å². The summed E-state index contributed by atoms with van der Waals surface area (Å²) in [5.41, 5.74) is 3.12. The largest absolute Gasteiger partial charge is 0.455 e. The van der Waals surface area contributed by atoms with E-state index in [2.05, 4.69) is 5.32 Å². The zero-order valence-electron chi connectivity index (χ0n) is 19.5. The van der Waals surface area contributed by atoms with Crippen molar-refractivity contribution in [3.8, 4) is 11.3 Å². The first-order valence-corrected chi connectivity index (χ1v) is 11.8. The van der Waals surface area contributed by atoms with Crippen LogP contribution in [0.15, 0.2) is 82.0 Å². The van der Waals surface area contributed by atoms with Gasteiger partial charge in [-0.25, -0.2) is 0 Å². The van der Waals surface area contributed by atoms with Crippen molar-refractivity contribution in [1.29, 1.82) is 0 Å². The maximum absolute atomic E-state index is 13.2. The van der Waals surface area contributed by atoms with Crippen molar-refractivity contribution in [2.75, 3.05) is 13.1 Å². The highest BCUT2D eigenvalue weighted by Gasteiger charge is 2.20. The molecule has 6 nitrogen and oxygen atoms in total. The average Bonchev–Trinajstić information content (AvgIpc) is 3.44. The molecule has 0 unspecified atom stereocenters. The molecule has 1 aromatic heterocycles. The summed E-state index contributed by atoms with van der Waals surface area (Å²) in [6.45, 7) is 3.56. The molecule has 0 saturated carbocycles. The lowest BCUT2D eigenvalue weighted by atomic mass is 10.0. The van der Waals surface area contributed by atoms with Gasteiger partial charge >= 0.3 is 0 Å². The van der Waals surface area contributed by atoms with Gasteiger partial charge in [-0.1, -0.05) is 48.5 Å². The van der Waals surface area contributed by atoms with Crippen LogP contribution in [0.3, 0.4) is 0 Å². The van der Waals surface area contributed by atoms with E-state index in [0.717, 1.165) is 37.1 Å². The minimum absolute atomic E-state index is 0.0234. The highest BCUT2D eigenvalue weighted by Crippen LogP contribution is 2.27. The van der Waals surface area contributed by atoms with Gasteiger partial charge in [0, 0.05) is 36.3 Å². The van der Waals surface area contributed by atoms with Gasteiger partial charge in [0.15, 0.2) is 11.0 Å². The highest BCUT2D eigenvalue weighted by atomic mass is 16.3. The van der Waals surface area contributed by atoms with Crippen LogP contribution in [-0.2, 0) is 6.54 Å². The third kappa shape index (κ3) is 4.47. The molecular weight excluding hydrogens is 440 g/mol. The third-order valence-corrected chi connectivity index (χ3v) is 6.45. The van der Waals surface area contributed by atoms with Gasteiger partial charge in [0.25, 0.3) is 11.8 Å². The summed E-state index contributed by atoms with van der Waals surface area (Å²) in [6.07, 6.45) is 2.07. The van der Waals surface area contributed by atoms with E-state index >= 15 is 0 Å². The summed E-state index contributed by atoms with van der Waals surface area (Å²) in [5.74, 6) is 0.129. The van der Waals surface area contributed by atoms with Gasteiger partial charge in [-0.15, -0.1) is 0 Å². The van der Waals surface area contributed by atoms with E-state index in [1.54, 1.807) is 31.2 Å². The number of para-hydroxylation sites is 1. The molecule has 1 aliphatic heterocycles. The standard InChI is InChI=1S/C29H26N2O4/c1-19-25(32)23-13-8-14-24(27(23)35-26(19)21-10-3-2-4-11-21)28(33)30-18-20-9-7-12-22(17-20)29(34)31-15-5-6-16-31/h2-4,7-14,17H,5-6,15-16,18H2,1H3,(H,30,33). The maximum atomic E-state index is 13.2. The second-order valence-corrected chi connectivity index (χ2v) is 8.82. The molecule has 35 heavy (non-hydrogen) atoms. The predicted molar refractivity (Wildman–Crippen MR) is 135 cm³/mol. The molecule has 0 atom stereocenters. The zero-order chi connectivity index (χ0) is 24.4. The minimum Gasteiger partial charge on any atom is -0.455 e. The summed E-state index contributed by atoms with van der Waals surface area (Å²) >= 11 is 0. The number of benzene rings is 3. The summed E-state index contributed by atoms with van der Waals surface area (Å²) in [7, 11) is 0. The van der Waals surface area contributed by atoms with Crippen LogP contribution < -0.4 is 10.7 Å². The first-order chi connectivity index (χ1) is 17.0. The van der Waals surface area contributed by atoms with Crippen molar-refractivity contribution >= 4 is 22.8 Å². The number of nitrogens with zero attached hydrogens (tertiary/aromatic N) is 1. The Morgan fingerprint density at radius 3 is 2.46 bits per heavy atom. The Labute approximate surface area is 203 Å². The molecule has 1 saturated heterocycles. The van der Waals surface area contributed by atoms with Gasteiger partial charge in [0.1, 0.15) is 5.76 Å². The lowest BCUT2D eigenvalue weighted by Gasteiger charge is -2.16. The fourth-order valence-electron chi connectivity index (χ4n) is 4.55. The molecule has 0 aliphatic carbocycles. The van der Waals surface area contributed by atoms with E-state index in [-0.39, 0.29) is 29.4 Å². The van der Waals surface area contributed by atoms with Crippen molar-refractivity contribution in [3.63, 3.8) is 0 Å². The van der Waals surface area contributed by atoms with E-state index in [9.17, 15) is 14.4 Å². The molecule has 1 fully saturated rings. The quantitative estimate of drug-likeness (QED) is 0.452. The van der Waals surface area contributed by atoms with Crippen molar-refractivity contribution in [2.24, 2.45) is 0 Å². The SMILES string of the molecule is Cc1c(-c2ccccc2)oc2c(C(=O)NCc3cccc(C(=O)N4CCCC4)c3)cccc2c1=O. The number of carbonyl (C=O) groups is 2. The molecule has 3 aromatic carbocycles. The third-order valence-electron chi connectivity index (χ3n) is 6.45. The molecule has 0 radical (unpaired) electrons. The van der Waals surface area contributed by atoms with E-state index in [4.69, 9.17) is 4.42 Å². The zero-order valence-corrected chi connectivity index (χ0v) is 19.5. The van der Waals surface area contributed by atoms with Crippen LogP contribution in [0.5, 0.6) is 0 Å². The summed E-state index contributed by atoms with van der Waals surface area (Å²) < 4.78 is 6.16. The van der Waals surface area contributed by atoms with Crippen LogP contribution in [0, 0.1) is 6.92 Å². The monoisotopic (exact) mass is 466 g/mol. The van der Waals surface area contributed by atoms with Crippen molar-refractivity contribution < 1.29 is 14.0 Å². The molecule has 176 valence electrons. The molecule has 1 N–H and O–H groups in total. The Balaban J connectivity index is 1.42. The van der Waals surface area contributed by atoms with Crippen LogP contribution in [-0.4, -0.2) is 29.8 Å². The highest BCUT2D eigenvalue weighted by molar-refractivity contribution is 6.05. The Bertz CT molecular complexity index is 1470. The van der Waals surface area contributed by atoms with Gasteiger partial charge in [-0.3, -0.25) is 14.4 Å². The summed E-state index contributed by atoms with van der Waals surface area (Å²) in [4.78, 5) is 40.8. The van der Waals surface area contributed by atoms with Crippen molar-refractivity contribution in [3.05, 3.63) is 105 Å². The predicted octanol–water partition coefficient (Wildman–Crippen LogP) is 4.93. The first kappa shape index (κ1) is 22.6. The van der Waals surface area contributed by atoms with Crippen molar-refractivity contribution in [2.45, 2.75) is 26.3 Å².